The van der Waals surface area contributed by atoms with Crippen LogP contribution in [0.15, 0.2) is 41.3 Å². The van der Waals surface area contributed by atoms with Gasteiger partial charge in [0.05, 0.1) is 18.7 Å². The van der Waals surface area contributed by atoms with Crippen LogP contribution in [0.1, 0.15) is 36.1 Å². The van der Waals surface area contributed by atoms with E-state index in [-0.39, 0.29) is 6.04 Å². The lowest BCUT2D eigenvalue weighted by atomic mass is 9.95. The molecule has 0 spiro atoms. The van der Waals surface area contributed by atoms with E-state index in [9.17, 15) is 17.6 Å². The first-order valence-corrected chi connectivity index (χ1v) is 10.5. The largest absolute Gasteiger partial charge is 0.493 e. The Labute approximate surface area is 164 Å². The van der Waals surface area contributed by atoms with E-state index in [1.54, 1.807) is 0 Å². The fourth-order valence-electron chi connectivity index (χ4n) is 3.34. The van der Waals surface area contributed by atoms with Gasteiger partial charge in [0.15, 0.2) is 0 Å². The Morgan fingerprint density at radius 2 is 1.96 bits per heavy atom. The molecule has 0 fully saturated rings. The maximum absolute atomic E-state index is 13.8. The van der Waals surface area contributed by atoms with Crippen molar-refractivity contribution >= 4 is 15.9 Å². The molecule has 2 N–H and O–H groups in total. The summed E-state index contributed by atoms with van der Waals surface area (Å²) in [4.78, 5) is 12.1. The van der Waals surface area contributed by atoms with Crippen LogP contribution >= 0.6 is 0 Å². The lowest BCUT2D eigenvalue weighted by Crippen LogP contribution is -2.46. The van der Waals surface area contributed by atoms with Crippen LogP contribution in [0.3, 0.4) is 0 Å². The molecule has 1 aliphatic rings. The zero-order chi connectivity index (χ0) is 20.5. The number of sulfonamides is 1. The summed E-state index contributed by atoms with van der Waals surface area (Å²) in [5, 5.41) is 2.88. The zero-order valence-electron chi connectivity index (χ0n) is 16.0. The highest BCUT2D eigenvalue weighted by Gasteiger charge is 2.29. The van der Waals surface area contributed by atoms with Gasteiger partial charge in [-0.2, -0.15) is 4.72 Å². The summed E-state index contributed by atoms with van der Waals surface area (Å²) in [7, 11) is -4.16. The molecular weight excluding hydrogens is 383 g/mol. The van der Waals surface area contributed by atoms with E-state index in [2.05, 4.69) is 10.0 Å². The SMILES string of the molecule is Cc1cc(C)c2c(c1)C(NC(=O)[C@H](C)NS(=O)(=O)c1ccccc1F)CCO2. The standard InChI is InChI=1S/C20H23FN2O4S/c1-12-10-13(2)19-15(11-12)17(8-9-27-19)22-20(24)14(3)23-28(25,26)18-7-5-4-6-16(18)21/h4-7,10-11,14,17,23H,8-9H2,1-3H3,(H,22,24)/t14-,17?/m0/s1. The van der Waals surface area contributed by atoms with Crippen LogP contribution in [0.25, 0.3) is 0 Å². The molecule has 0 aromatic heterocycles. The summed E-state index contributed by atoms with van der Waals surface area (Å²) in [6, 6.07) is 7.65. The first-order chi connectivity index (χ1) is 13.2. The molecule has 2 atom stereocenters. The highest BCUT2D eigenvalue weighted by Crippen LogP contribution is 2.35. The predicted octanol–water partition coefficient (Wildman–Crippen LogP) is 2.75. The number of fused-ring (bicyclic) bond motifs is 1. The molecule has 3 rings (SSSR count). The number of nitrogens with one attached hydrogen (secondary N) is 2. The summed E-state index contributed by atoms with van der Waals surface area (Å²) < 4.78 is 46.6. The Hall–Kier alpha value is -2.45. The molecule has 150 valence electrons. The molecule has 6 nitrogen and oxygen atoms in total. The normalized spacial score (nSPS) is 17.4. The van der Waals surface area contributed by atoms with Gasteiger partial charge < -0.3 is 10.1 Å². The summed E-state index contributed by atoms with van der Waals surface area (Å²) in [5.41, 5.74) is 2.91. The van der Waals surface area contributed by atoms with Crippen LogP contribution in [0.2, 0.25) is 0 Å². The van der Waals surface area contributed by atoms with Gasteiger partial charge in [0, 0.05) is 12.0 Å². The molecule has 2 aromatic carbocycles. The van der Waals surface area contributed by atoms with Crippen molar-refractivity contribution in [2.45, 2.75) is 44.2 Å². The maximum atomic E-state index is 13.8. The van der Waals surface area contributed by atoms with E-state index in [0.717, 1.165) is 34.6 Å². The summed E-state index contributed by atoms with van der Waals surface area (Å²) in [6.45, 7) is 5.79. The van der Waals surface area contributed by atoms with E-state index >= 15 is 0 Å². The van der Waals surface area contributed by atoms with Crippen molar-refractivity contribution in [1.29, 1.82) is 0 Å². The molecule has 28 heavy (non-hydrogen) atoms. The van der Waals surface area contributed by atoms with E-state index in [0.29, 0.717) is 13.0 Å². The third kappa shape index (κ3) is 4.18. The van der Waals surface area contributed by atoms with Crippen molar-refractivity contribution in [3.05, 3.63) is 58.9 Å². The maximum Gasteiger partial charge on any atom is 0.244 e. The third-order valence-electron chi connectivity index (χ3n) is 4.64. The fourth-order valence-corrected chi connectivity index (χ4v) is 4.62. The molecule has 0 saturated heterocycles. The smallest absolute Gasteiger partial charge is 0.244 e. The van der Waals surface area contributed by atoms with Gasteiger partial charge in [0.1, 0.15) is 16.5 Å². The van der Waals surface area contributed by atoms with Crippen LogP contribution in [0.4, 0.5) is 4.39 Å². The van der Waals surface area contributed by atoms with Gasteiger partial charge in [-0.05, 0) is 38.5 Å². The highest BCUT2D eigenvalue weighted by atomic mass is 32.2. The topological polar surface area (TPSA) is 84.5 Å². The minimum atomic E-state index is -4.16. The molecule has 1 amide bonds. The van der Waals surface area contributed by atoms with Crippen LogP contribution in [-0.4, -0.2) is 27.0 Å². The number of rotatable bonds is 5. The molecule has 0 bridgehead atoms. The number of carbonyl (C=O) groups excluding carboxylic acids is 1. The van der Waals surface area contributed by atoms with Crippen molar-refractivity contribution in [1.82, 2.24) is 10.0 Å². The van der Waals surface area contributed by atoms with Crippen LogP contribution in [0, 0.1) is 19.7 Å². The summed E-state index contributed by atoms with van der Waals surface area (Å²) in [5.74, 6) is -0.606. The number of ether oxygens (including phenoxy) is 1. The Balaban J connectivity index is 1.75. The molecule has 2 aromatic rings. The van der Waals surface area contributed by atoms with E-state index in [1.807, 2.05) is 26.0 Å². The third-order valence-corrected chi connectivity index (χ3v) is 6.22. The van der Waals surface area contributed by atoms with Gasteiger partial charge in [-0.25, -0.2) is 12.8 Å². The van der Waals surface area contributed by atoms with Crippen molar-refractivity contribution < 1.29 is 22.3 Å². The van der Waals surface area contributed by atoms with Crippen LogP contribution in [0.5, 0.6) is 5.75 Å². The first kappa shape index (κ1) is 20.3. The number of hydrogen-bond donors (Lipinski definition) is 2. The Bertz CT molecular complexity index is 1010. The zero-order valence-corrected chi connectivity index (χ0v) is 16.8. The van der Waals surface area contributed by atoms with Crippen molar-refractivity contribution in [3.8, 4) is 5.75 Å². The Morgan fingerprint density at radius 1 is 1.25 bits per heavy atom. The Kier molecular flexibility index (Phi) is 5.71. The second-order valence-electron chi connectivity index (χ2n) is 6.97. The number of halogens is 1. The average molecular weight is 406 g/mol. The molecule has 0 aliphatic carbocycles. The van der Waals surface area contributed by atoms with Gasteiger partial charge in [-0.1, -0.05) is 29.8 Å². The average Bonchev–Trinajstić information content (AvgIpc) is 2.62. The highest BCUT2D eigenvalue weighted by molar-refractivity contribution is 7.89. The Morgan fingerprint density at radius 3 is 2.68 bits per heavy atom. The molecule has 0 saturated carbocycles. The lowest BCUT2D eigenvalue weighted by Gasteiger charge is -2.29. The van der Waals surface area contributed by atoms with Crippen molar-refractivity contribution in [2.24, 2.45) is 0 Å². The molecule has 1 aliphatic heterocycles. The van der Waals surface area contributed by atoms with E-state index in [1.165, 1.54) is 19.1 Å². The summed E-state index contributed by atoms with van der Waals surface area (Å²) >= 11 is 0. The van der Waals surface area contributed by atoms with Crippen LogP contribution < -0.4 is 14.8 Å². The van der Waals surface area contributed by atoms with Gasteiger partial charge in [-0.3, -0.25) is 4.79 Å². The van der Waals surface area contributed by atoms with Gasteiger partial charge in [0.2, 0.25) is 15.9 Å². The van der Waals surface area contributed by atoms with Gasteiger partial charge in [0.25, 0.3) is 0 Å². The van der Waals surface area contributed by atoms with E-state index < -0.39 is 32.7 Å². The fraction of sp³-hybridized carbons (Fsp3) is 0.350. The first-order valence-electron chi connectivity index (χ1n) is 9.00. The number of benzene rings is 2. The van der Waals surface area contributed by atoms with Crippen molar-refractivity contribution in [2.75, 3.05) is 6.61 Å². The number of aryl methyl sites for hydroxylation is 2. The van der Waals surface area contributed by atoms with Crippen LogP contribution in [-0.2, 0) is 14.8 Å². The number of carbonyl (C=O) groups is 1. The minimum Gasteiger partial charge on any atom is -0.493 e. The van der Waals surface area contributed by atoms with Gasteiger partial charge in [-0.15, -0.1) is 0 Å². The quantitative estimate of drug-likeness (QED) is 0.800. The van der Waals surface area contributed by atoms with Gasteiger partial charge >= 0.3 is 0 Å². The summed E-state index contributed by atoms with van der Waals surface area (Å²) in [6.07, 6.45) is 0.578. The second kappa shape index (κ2) is 7.89. The molecule has 1 heterocycles. The molecule has 1 unspecified atom stereocenters. The van der Waals surface area contributed by atoms with Crippen molar-refractivity contribution in [3.63, 3.8) is 0 Å². The minimum absolute atomic E-state index is 0.282. The predicted molar refractivity (Wildman–Crippen MR) is 103 cm³/mol. The van der Waals surface area contributed by atoms with E-state index in [4.69, 9.17) is 4.74 Å². The molecular formula is C20H23FN2O4S. The monoisotopic (exact) mass is 406 g/mol. The second-order valence-corrected chi connectivity index (χ2v) is 8.65. The lowest BCUT2D eigenvalue weighted by molar-refractivity contribution is -0.123. The molecule has 8 heteroatoms. The number of amides is 1. The molecule has 0 radical (unpaired) electrons. The number of hydrogen-bond acceptors (Lipinski definition) is 4.